The van der Waals surface area contributed by atoms with Gasteiger partial charge in [0.05, 0.1) is 0 Å². The highest BCUT2D eigenvalue weighted by atomic mass is 35.5. The largest absolute Gasteiger partial charge is 0.490 e. The molecule has 33 heavy (non-hydrogen) atoms. The number of hydrogen-bond acceptors (Lipinski definition) is 6. The molecule has 3 aromatic rings. The average molecular weight is 473 g/mol. The molecule has 0 radical (unpaired) electrons. The Labute approximate surface area is 199 Å². The predicted molar refractivity (Wildman–Crippen MR) is 130 cm³/mol. The van der Waals surface area contributed by atoms with E-state index in [1.54, 1.807) is 6.92 Å². The monoisotopic (exact) mass is 472 g/mol. The summed E-state index contributed by atoms with van der Waals surface area (Å²) < 4.78 is 11.4. The molecule has 0 saturated carbocycles. The van der Waals surface area contributed by atoms with Crippen molar-refractivity contribution < 1.29 is 19.1 Å². The van der Waals surface area contributed by atoms with Crippen LogP contribution in [0.5, 0.6) is 5.75 Å². The molecule has 4 rings (SSSR count). The van der Waals surface area contributed by atoms with Crippen molar-refractivity contribution in [3.63, 3.8) is 0 Å². The van der Waals surface area contributed by atoms with E-state index in [1.807, 2.05) is 54.3 Å². The summed E-state index contributed by atoms with van der Waals surface area (Å²) in [5.74, 6) is 0.661. The predicted octanol–water partition coefficient (Wildman–Crippen LogP) is 3.09. The Bertz CT molecular complexity index is 1160. The number of halogens is 1. The highest BCUT2D eigenvalue weighted by molar-refractivity contribution is 5.95. The number of aryl methyl sites for hydroxylation is 1. The molecule has 1 aromatic heterocycles. The number of piperazine rings is 1. The lowest BCUT2D eigenvalue weighted by Crippen LogP contribution is -2.50. The van der Waals surface area contributed by atoms with E-state index in [0.717, 1.165) is 35.2 Å². The Hall–Kier alpha value is -2.87. The fourth-order valence-electron chi connectivity index (χ4n) is 4.14. The standard InChI is InChI=1S/C25H28N2O5.ClH/c1-17-23(31-16-20(29)15-26-10-12-27(13-11-26)18(2)28)9-8-21-22(14-24(30)32-25(17)21)19-6-4-3-5-7-19;/h3-9,14,20,29H,10-13,15-16H2,1-2H3;1H/t20-;/m0./s1. The van der Waals surface area contributed by atoms with Gasteiger partial charge in [-0.2, -0.15) is 0 Å². The van der Waals surface area contributed by atoms with Gasteiger partial charge in [-0.15, -0.1) is 12.4 Å². The van der Waals surface area contributed by atoms with Crippen molar-refractivity contribution in [3.8, 4) is 16.9 Å². The van der Waals surface area contributed by atoms with Crippen molar-refractivity contribution in [1.82, 2.24) is 9.80 Å². The van der Waals surface area contributed by atoms with Crippen LogP contribution in [0.2, 0.25) is 0 Å². The van der Waals surface area contributed by atoms with E-state index in [0.29, 0.717) is 31.0 Å². The minimum absolute atomic E-state index is 0. The first-order chi connectivity index (χ1) is 15.4. The summed E-state index contributed by atoms with van der Waals surface area (Å²) >= 11 is 0. The van der Waals surface area contributed by atoms with Crippen LogP contribution in [0.3, 0.4) is 0 Å². The molecule has 1 atom stereocenters. The van der Waals surface area contributed by atoms with Gasteiger partial charge in [0.2, 0.25) is 5.91 Å². The van der Waals surface area contributed by atoms with Crippen molar-refractivity contribution >= 4 is 29.3 Å². The lowest BCUT2D eigenvalue weighted by Gasteiger charge is -2.35. The van der Waals surface area contributed by atoms with E-state index < -0.39 is 11.7 Å². The maximum atomic E-state index is 12.2. The van der Waals surface area contributed by atoms with Crippen molar-refractivity contribution in [2.24, 2.45) is 0 Å². The van der Waals surface area contributed by atoms with Crippen LogP contribution < -0.4 is 10.4 Å². The van der Waals surface area contributed by atoms with Crippen LogP contribution in [0.1, 0.15) is 12.5 Å². The van der Waals surface area contributed by atoms with E-state index in [1.165, 1.54) is 6.07 Å². The number of aliphatic hydroxyl groups excluding tert-OH is 1. The topological polar surface area (TPSA) is 83.2 Å². The number of amides is 1. The second kappa shape index (κ2) is 10.8. The number of carbonyl (C=O) groups is 1. The first kappa shape index (κ1) is 24.8. The van der Waals surface area contributed by atoms with Crippen LogP contribution in [0.15, 0.2) is 57.7 Å². The summed E-state index contributed by atoms with van der Waals surface area (Å²) in [4.78, 5) is 27.6. The molecule has 0 unspecified atom stereocenters. The summed E-state index contributed by atoms with van der Waals surface area (Å²) in [5, 5.41) is 11.3. The highest BCUT2D eigenvalue weighted by Crippen LogP contribution is 2.33. The number of fused-ring (bicyclic) bond motifs is 1. The lowest BCUT2D eigenvalue weighted by molar-refractivity contribution is -0.130. The van der Waals surface area contributed by atoms with Crippen molar-refractivity contribution in [2.75, 3.05) is 39.3 Å². The Balaban J connectivity index is 0.00000306. The summed E-state index contributed by atoms with van der Waals surface area (Å²) in [7, 11) is 0. The molecular weight excluding hydrogens is 444 g/mol. The van der Waals surface area contributed by atoms with Gasteiger partial charge < -0.3 is 19.2 Å². The molecular formula is C25H29ClN2O5. The number of rotatable bonds is 6. The van der Waals surface area contributed by atoms with Gasteiger partial charge in [0.25, 0.3) is 0 Å². The molecule has 0 spiro atoms. The molecule has 1 N–H and O–H groups in total. The van der Waals surface area contributed by atoms with Crippen LogP contribution >= 0.6 is 12.4 Å². The summed E-state index contributed by atoms with van der Waals surface area (Å²) in [6.45, 7) is 6.86. The molecule has 1 saturated heterocycles. The van der Waals surface area contributed by atoms with E-state index in [9.17, 15) is 14.7 Å². The average Bonchev–Trinajstić information content (AvgIpc) is 2.79. The summed E-state index contributed by atoms with van der Waals surface area (Å²) in [5.41, 5.74) is 2.56. The van der Waals surface area contributed by atoms with Gasteiger partial charge in [-0.25, -0.2) is 4.79 Å². The molecule has 176 valence electrons. The number of hydrogen-bond donors (Lipinski definition) is 1. The molecule has 0 aliphatic carbocycles. The molecule has 1 aliphatic rings. The second-order valence-electron chi connectivity index (χ2n) is 8.18. The smallest absolute Gasteiger partial charge is 0.336 e. The Kier molecular flexibility index (Phi) is 8.13. The minimum atomic E-state index is -0.670. The van der Waals surface area contributed by atoms with E-state index in [4.69, 9.17) is 9.15 Å². The van der Waals surface area contributed by atoms with Gasteiger partial charge in [-0.3, -0.25) is 9.69 Å². The van der Waals surface area contributed by atoms with Crippen molar-refractivity contribution in [3.05, 3.63) is 64.5 Å². The molecule has 8 heteroatoms. The quantitative estimate of drug-likeness (QED) is 0.555. The number of ether oxygens (including phenoxy) is 1. The fourth-order valence-corrected chi connectivity index (χ4v) is 4.14. The van der Waals surface area contributed by atoms with Gasteiger partial charge in [-0.05, 0) is 30.2 Å². The molecule has 0 bridgehead atoms. The van der Waals surface area contributed by atoms with E-state index >= 15 is 0 Å². The van der Waals surface area contributed by atoms with Crippen LogP contribution in [0.4, 0.5) is 0 Å². The van der Waals surface area contributed by atoms with Crippen molar-refractivity contribution in [2.45, 2.75) is 20.0 Å². The van der Waals surface area contributed by atoms with Crippen molar-refractivity contribution in [1.29, 1.82) is 0 Å². The van der Waals surface area contributed by atoms with Crippen LogP contribution in [-0.2, 0) is 4.79 Å². The zero-order chi connectivity index (χ0) is 22.7. The highest BCUT2D eigenvalue weighted by Gasteiger charge is 2.21. The maximum Gasteiger partial charge on any atom is 0.336 e. The van der Waals surface area contributed by atoms with Crippen LogP contribution in [-0.4, -0.2) is 66.2 Å². The van der Waals surface area contributed by atoms with Crippen LogP contribution in [0.25, 0.3) is 22.1 Å². The SMILES string of the molecule is CC(=O)N1CCN(C[C@H](O)COc2ccc3c(-c4ccccc4)cc(=O)oc3c2C)CC1.Cl. The number of β-amino-alcohol motifs (C(OH)–C–C–N with tert-alkyl or cyclic N) is 1. The zero-order valence-electron chi connectivity index (χ0n) is 18.8. The van der Waals surface area contributed by atoms with Crippen LogP contribution in [0, 0.1) is 6.92 Å². The Morgan fingerprint density at radius 1 is 1.12 bits per heavy atom. The fraction of sp³-hybridized carbons (Fsp3) is 0.360. The number of carbonyl (C=O) groups excluding carboxylic acids is 1. The lowest BCUT2D eigenvalue weighted by atomic mass is 10.0. The van der Waals surface area contributed by atoms with Gasteiger partial charge in [0.15, 0.2) is 0 Å². The number of benzene rings is 2. The number of nitrogens with zero attached hydrogens (tertiary/aromatic N) is 2. The third kappa shape index (κ3) is 5.74. The molecule has 1 amide bonds. The first-order valence-corrected chi connectivity index (χ1v) is 10.8. The molecule has 7 nitrogen and oxygen atoms in total. The van der Waals surface area contributed by atoms with Gasteiger partial charge in [-0.1, -0.05) is 30.3 Å². The molecule has 1 fully saturated rings. The third-order valence-corrected chi connectivity index (χ3v) is 5.91. The second-order valence-corrected chi connectivity index (χ2v) is 8.18. The first-order valence-electron chi connectivity index (χ1n) is 10.8. The Morgan fingerprint density at radius 2 is 1.82 bits per heavy atom. The van der Waals surface area contributed by atoms with E-state index in [2.05, 4.69) is 4.90 Å². The normalized spacial score (nSPS) is 15.2. The minimum Gasteiger partial charge on any atom is -0.490 e. The number of aliphatic hydroxyl groups is 1. The van der Waals surface area contributed by atoms with Gasteiger partial charge in [0.1, 0.15) is 24.0 Å². The Morgan fingerprint density at radius 3 is 2.48 bits per heavy atom. The maximum absolute atomic E-state index is 12.2. The summed E-state index contributed by atoms with van der Waals surface area (Å²) in [6, 6.07) is 15.0. The molecule has 2 heterocycles. The molecule has 1 aliphatic heterocycles. The van der Waals surface area contributed by atoms with Gasteiger partial charge in [0, 0.05) is 56.7 Å². The molecule has 2 aromatic carbocycles. The zero-order valence-corrected chi connectivity index (χ0v) is 19.6. The van der Waals surface area contributed by atoms with E-state index in [-0.39, 0.29) is 24.9 Å². The third-order valence-electron chi connectivity index (χ3n) is 5.91. The van der Waals surface area contributed by atoms with Gasteiger partial charge >= 0.3 is 5.63 Å². The summed E-state index contributed by atoms with van der Waals surface area (Å²) in [6.07, 6.45) is -0.670.